The lowest BCUT2D eigenvalue weighted by atomic mass is 9.71. The van der Waals surface area contributed by atoms with Crippen molar-refractivity contribution in [2.75, 3.05) is 6.54 Å². The SMILES string of the molecule is O=C(CC1(CN2Cc3ccccc3C2=O)CCCCC1)NCc1nc2ccccc2[nH]1. The molecule has 160 valence electrons. The van der Waals surface area contributed by atoms with Crippen LogP contribution in [0.4, 0.5) is 0 Å². The van der Waals surface area contributed by atoms with Gasteiger partial charge < -0.3 is 15.2 Å². The maximum atomic E-state index is 12.9. The highest BCUT2D eigenvalue weighted by Crippen LogP contribution is 2.41. The van der Waals surface area contributed by atoms with Gasteiger partial charge in [0.1, 0.15) is 5.82 Å². The van der Waals surface area contributed by atoms with E-state index in [2.05, 4.69) is 15.3 Å². The summed E-state index contributed by atoms with van der Waals surface area (Å²) in [7, 11) is 0. The molecule has 2 N–H and O–H groups in total. The third kappa shape index (κ3) is 4.07. The molecule has 2 amide bonds. The minimum Gasteiger partial charge on any atom is -0.349 e. The molecule has 1 aliphatic carbocycles. The van der Waals surface area contributed by atoms with Gasteiger partial charge in [0.25, 0.3) is 5.91 Å². The molecule has 0 unspecified atom stereocenters. The van der Waals surface area contributed by atoms with Crippen LogP contribution < -0.4 is 5.32 Å². The molecule has 0 bridgehead atoms. The Morgan fingerprint density at radius 3 is 2.65 bits per heavy atom. The summed E-state index contributed by atoms with van der Waals surface area (Å²) in [6.45, 7) is 1.69. The molecule has 6 heteroatoms. The van der Waals surface area contributed by atoms with E-state index in [1.54, 1.807) is 0 Å². The Labute approximate surface area is 182 Å². The Morgan fingerprint density at radius 2 is 1.84 bits per heavy atom. The molecule has 2 aliphatic rings. The quantitative estimate of drug-likeness (QED) is 0.633. The summed E-state index contributed by atoms with van der Waals surface area (Å²) in [5.74, 6) is 0.896. The second-order valence-electron chi connectivity index (χ2n) is 9.03. The first-order valence-corrected chi connectivity index (χ1v) is 11.2. The third-order valence-electron chi connectivity index (χ3n) is 6.76. The Balaban J connectivity index is 1.25. The van der Waals surface area contributed by atoms with Gasteiger partial charge in [-0.25, -0.2) is 4.98 Å². The molecule has 5 rings (SSSR count). The van der Waals surface area contributed by atoms with Gasteiger partial charge in [0, 0.05) is 25.1 Å². The number of rotatable bonds is 6. The van der Waals surface area contributed by atoms with E-state index in [0.717, 1.165) is 53.7 Å². The maximum absolute atomic E-state index is 12.9. The fourth-order valence-electron chi connectivity index (χ4n) is 5.21. The van der Waals surface area contributed by atoms with Gasteiger partial charge in [0.15, 0.2) is 0 Å². The number of aromatic nitrogens is 2. The van der Waals surface area contributed by atoms with E-state index in [9.17, 15) is 9.59 Å². The number of nitrogens with zero attached hydrogens (tertiary/aromatic N) is 2. The highest BCUT2D eigenvalue weighted by Gasteiger charge is 2.39. The zero-order valence-electron chi connectivity index (χ0n) is 17.7. The molecular weight excluding hydrogens is 388 g/mol. The third-order valence-corrected chi connectivity index (χ3v) is 6.76. The van der Waals surface area contributed by atoms with Crippen LogP contribution in [0, 0.1) is 5.41 Å². The summed E-state index contributed by atoms with van der Waals surface area (Å²) in [4.78, 5) is 35.6. The van der Waals surface area contributed by atoms with Crippen LogP contribution in [0.1, 0.15) is 60.3 Å². The van der Waals surface area contributed by atoms with Crippen molar-refractivity contribution in [2.45, 2.75) is 51.6 Å². The molecule has 2 heterocycles. The standard InChI is InChI=1S/C25H28N4O2/c30-23(26-15-22-27-20-10-4-5-11-21(20)28-22)14-25(12-6-1-7-13-25)17-29-16-18-8-2-3-9-19(18)24(29)31/h2-5,8-11H,1,6-7,12-17H2,(H,26,30)(H,27,28). The van der Waals surface area contributed by atoms with Crippen molar-refractivity contribution in [1.82, 2.24) is 20.2 Å². The molecule has 1 aromatic heterocycles. The van der Waals surface area contributed by atoms with Gasteiger partial charge in [-0.05, 0) is 42.0 Å². The van der Waals surface area contributed by atoms with Gasteiger partial charge in [0.05, 0.1) is 17.6 Å². The fourth-order valence-corrected chi connectivity index (χ4v) is 5.21. The van der Waals surface area contributed by atoms with E-state index in [1.165, 1.54) is 6.42 Å². The zero-order valence-corrected chi connectivity index (χ0v) is 17.7. The highest BCUT2D eigenvalue weighted by molar-refractivity contribution is 5.98. The number of carbonyl (C=O) groups excluding carboxylic acids is 2. The highest BCUT2D eigenvalue weighted by atomic mass is 16.2. The minimum absolute atomic E-state index is 0.0338. The molecule has 0 spiro atoms. The normalized spacial score (nSPS) is 17.7. The Bertz CT molecular complexity index is 1080. The van der Waals surface area contributed by atoms with E-state index in [-0.39, 0.29) is 17.2 Å². The predicted molar refractivity (Wildman–Crippen MR) is 119 cm³/mol. The first kappa shape index (κ1) is 19.8. The van der Waals surface area contributed by atoms with Crippen LogP contribution in [0.25, 0.3) is 11.0 Å². The summed E-state index contributed by atoms with van der Waals surface area (Å²) in [6.07, 6.45) is 5.87. The first-order valence-electron chi connectivity index (χ1n) is 11.2. The molecule has 1 fully saturated rings. The summed E-state index contributed by atoms with van der Waals surface area (Å²) >= 11 is 0. The average molecular weight is 417 g/mol. The van der Waals surface area contributed by atoms with Gasteiger partial charge in [0.2, 0.25) is 5.91 Å². The van der Waals surface area contributed by atoms with E-state index in [1.807, 2.05) is 53.4 Å². The number of hydrogen-bond acceptors (Lipinski definition) is 3. The second-order valence-corrected chi connectivity index (χ2v) is 9.03. The van der Waals surface area contributed by atoms with Crippen molar-refractivity contribution in [2.24, 2.45) is 5.41 Å². The van der Waals surface area contributed by atoms with Gasteiger partial charge in [-0.15, -0.1) is 0 Å². The number of fused-ring (bicyclic) bond motifs is 2. The number of aromatic amines is 1. The van der Waals surface area contributed by atoms with Crippen molar-refractivity contribution in [3.05, 3.63) is 65.5 Å². The number of imidazole rings is 1. The van der Waals surface area contributed by atoms with Crippen LogP contribution in [0.3, 0.4) is 0 Å². The lowest BCUT2D eigenvalue weighted by molar-refractivity contribution is -0.124. The fraction of sp³-hybridized carbons (Fsp3) is 0.400. The lowest BCUT2D eigenvalue weighted by Crippen LogP contribution is -2.42. The monoisotopic (exact) mass is 416 g/mol. The van der Waals surface area contributed by atoms with Crippen LogP contribution in [0.2, 0.25) is 0 Å². The maximum Gasteiger partial charge on any atom is 0.254 e. The molecule has 0 saturated heterocycles. The summed E-state index contributed by atoms with van der Waals surface area (Å²) in [6, 6.07) is 15.7. The van der Waals surface area contributed by atoms with Gasteiger partial charge in [-0.2, -0.15) is 0 Å². The van der Waals surface area contributed by atoms with Gasteiger partial charge in [-0.1, -0.05) is 49.6 Å². The summed E-state index contributed by atoms with van der Waals surface area (Å²) < 4.78 is 0. The number of H-pyrrole nitrogens is 1. The Morgan fingerprint density at radius 1 is 1.06 bits per heavy atom. The Kier molecular flexibility index (Phi) is 5.22. The first-order chi connectivity index (χ1) is 15.1. The van der Waals surface area contributed by atoms with Crippen LogP contribution in [0.15, 0.2) is 48.5 Å². The van der Waals surface area contributed by atoms with Crippen molar-refractivity contribution < 1.29 is 9.59 Å². The molecule has 3 aromatic rings. The molecule has 31 heavy (non-hydrogen) atoms. The number of hydrogen-bond donors (Lipinski definition) is 2. The zero-order chi connectivity index (χ0) is 21.3. The predicted octanol–water partition coefficient (Wildman–Crippen LogP) is 4.18. The Hall–Kier alpha value is -3.15. The number of carbonyl (C=O) groups is 2. The van der Waals surface area contributed by atoms with E-state index in [0.29, 0.717) is 26.1 Å². The van der Waals surface area contributed by atoms with Crippen LogP contribution >= 0.6 is 0 Å². The van der Waals surface area contributed by atoms with E-state index in [4.69, 9.17) is 0 Å². The van der Waals surface area contributed by atoms with Crippen LogP contribution in [0.5, 0.6) is 0 Å². The molecule has 2 aromatic carbocycles. The van der Waals surface area contributed by atoms with E-state index >= 15 is 0 Å². The topological polar surface area (TPSA) is 78.1 Å². The average Bonchev–Trinajstić information content (AvgIpc) is 3.34. The number of para-hydroxylation sites is 2. The molecule has 1 aliphatic heterocycles. The number of nitrogens with one attached hydrogen (secondary N) is 2. The molecule has 0 atom stereocenters. The molecule has 6 nitrogen and oxygen atoms in total. The van der Waals surface area contributed by atoms with Crippen LogP contribution in [-0.2, 0) is 17.9 Å². The molecular formula is C25H28N4O2. The van der Waals surface area contributed by atoms with E-state index < -0.39 is 0 Å². The van der Waals surface area contributed by atoms with Crippen molar-refractivity contribution in [3.63, 3.8) is 0 Å². The van der Waals surface area contributed by atoms with Crippen molar-refractivity contribution in [1.29, 1.82) is 0 Å². The van der Waals surface area contributed by atoms with Crippen molar-refractivity contribution >= 4 is 22.8 Å². The number of benzene rings is 2. The van der Waals surface area contributed by atoms with Gasteiger partial charge >= 0.3 is 0 Å². The second kappa shape index (κ2) is 8.17. The minimum atomic E-state index is -0.145. The summed E-state index contributed by atoms with van der Waals surface area (Å²) in [5.41, 5.74) is 3.63. The lowest BCUT2D eigenvalue weighted by Gasteiger charge is -2.39. The van der Waals surface area contributed by atoms with Crippen LogP contribution in [-0.4, -0.2) is 33.2 Å². The van der Waals surface area contributed by atoms with Gasteiger partial charge in [-0.3, -0.25) is 9.59 Å². The van der Waals surface area contributed by atoms with Crippen molar-refractivity contribution in [3.8, 4) is 0 Å². The smallest absolute Gasteiger partial charge is 0.254 e. The molecule has 1 saturated carbocycles. The number of amides is 2. The summed E-state index contributed by atoms with van der Waals surface area (Å²) in [5, 5.41) is 3.05. The molecule has 0 radical (unpaired) electrons. The largest absolute Gasteiger partial charge is 0.349 e.